The molecule has 22 heavy (non-hydrogen) atoms. The molecule has 0 aliphatic rings. The molecular formula is C16H17N3O2S. The zero-order valence-corrected chi connectivity index (χ0v) is 13.5. The minimum Gasteiger partial charge on any atom is -0.444 e. The molecule has 0 aliphatic carbocycles. The summed E-state index contributed by atoms with van der Waals surface area (Å²) in [6, 6.07) is 7.83. The van der Waals surface area contributed by atoms with Crippen molar-refractivity contribution in [3.8, 4) is 10.4 Å². The van der Waals surface area contributed by atoms with Crippen LogP contribution in [0.25, 0.3) is 21.5 Å². The number of ether oxygens (including phenoxy) is 1. The van der Waals surface area contributed by atoms with Gasteiger partial charge in [-0.2, -0.15) is 0 Å². The first kappa shape index (κ1) is 14.6. The number of carbonyl (C=O) groups is 1. The Labute approximate surface area is 132 Å². The molecule has 3 heterocycles. The standard InChI is InChI=1S/C16H17N3O2S/c1-16(2,3)21-15(20)19-13-5-4-12(22-13)10-6-8-17-14-11(10)7-9-18-14/h4-9H,1-3H3,(H,17,18)(H,19,20). The normalized spacial score (nSPS) is 11.6. The third kappa shape index (κ3) is 3.12. The maximum absolute atomic E-state index is 11.8. The average Bonchev–Trinajstić information content (AvgIpc) is 3.04. The molecule has 0 radical (unpaired) electrons. The van der Waals surface area contributed by atoms with Gasteiger partial charge in [0.1, 0.15) is 11.2 Å². The molecule has 0 fully saturated rings. The number of hydrogen-bond donors (Lipinski definition) is 2. The number of fused-ring (bicyclic) bond motifs is 1. The van der Waals surface area contributed by atoms with Crippen molar-refractivity contribution in [2.75, 3.05) is 5.32 Å². The summed E-state index contributed by atoms with van der Waals surface area (Å²) >= 11 is 1.50. The fourth-order valence-electron chi connectivity index (χ4n) is 2.13. The minimum atomic E-state index is -0.507. The topological polar surface area (TPSA) is 67.0 Å². The summed E-state index contributed by atoms with van der Waals surface area (Å²) in [6.07, 6.45) is 3.20. The summed E-state index contributed by atoms with van der Waals surface area (Å²) in [7, 11) is 0. The zero-order chi connectivity index (χ0) is 15.7. The third-order valence-corrected chi connectivity index (χ3v) is 3.99. The van der Waals surface area contributed by atoms with Gasteiger partial charge in [-0.1, -0.05) is 0 Å². The lowest BCUT2D eigenvalue weighted by atomic mass is 10.1. The van der Waals surface area contributed by atoms with Crippen LogP contribution in [0.4, 0.5) is 9.80 Å². The van der Waals surface area contributed by atoms with Crippen LogP contribution in [0.5, 0.6) is 0 Å². The van der Waals surface area contributed by atoms with Crippen molar-refractivity contribution in [2.45, 2.75) is 26.4 Å². The van der Waals surface area contributed by atoms with Gasteiger partial charge in [-0.25, -0.2) is 9.78 Å². The monoisotopic (exact) mass is 315 g/mol. The SMILES string of the molecule is CC(C)(C)OC(=O)Nc1ccc(-c2ccnc3[nH]ccc23)s1. The highest BCUT2D eigenvalue weighted by Gasteiger charge is 2.17. The Kier molecular flexibility index (Phi) is 3.62. The largest absolute Gasteiger partial charge is 0.444 e. The molecule has 6 heteroatoms. The molecule has 2 N–H and O–H groups in total. The number of rotatable bonds is 2. The number of aromatic amines is 1. The number of pyridine rings is 1. The smallest absolute Gasteiger partial charge is 0.412 e. The Morgan fingerprint density at radius 1 is 1.27 bits per heavy atom. The van der Waals surface area contributed by atoms with Crippen LogP contribution in [-0.4, -0.2) is 21.7 Å². The Hall–Kier alpha value is -2.34. The summed E-state index contributed by atoms with van der Waals surface area (Å²) in [5.41, 5.74) is 1.44. The highest BCUT2D eigenvalue weighted by atomic mass is 32.1. The van der Waals surface area contributed by atoms with Crippen molar-refractivity contribution in [3.05, 3.63) is 36.7 Å². The van der Waals surface area contributed by atoms with E-state index in [2.05, 4.69) is 15.3 Å². The lowest BCUT2D eigenvalue weighted by Gasteiger charge is -2.19. The van der Waals surface area contributed by atoms with Crippen LogP contribution < -0.4 is 5.32 Å². The van der Waals surface area contributed by atoms with Crippen LogP contribution in [0.3, 0.4) is 0 Å². The maximum atomic E-state index is 11.8. The molecule has 3 rings (SSSR count). The van der Waals surface area contributed by atoms with E-state index in [0.717, 1.165) is 26.5 Å². The Bertz CT molecular complexity index is 814. The lowest BCUT2D eigenvalue weighted by molar-refractivity contribution is 0.0636. The zero-order valence-electron chi connectivity index (χ0n) is 12.6. The molecule has 5 nitrogen and oxygen atoms in total. The van der Waals surface area contributed by atoms with Crippen molar-refractivity contribution in [3.63, 3.8) is 0 Å². The molecule has 0 saturated heterocycles. The van der Waals surface area contributed by atoms with Crippen molar-refractivity contribution in [2.24, 2.45) is 0 Å². The number of nitrogens with one attached hydrogen (secondary N) is 2. The van der Waals surface area contributed by atoms with Gasteiger partial charge in [-0.15, -0.1) is 11.3 Å². The van der Waals surface area contributed by atoms with Crippen LogP contribution in [0, 0.1) is 0 Å². The number of hydrogen-bond acceptors (Lipinski definition) is 4. The van der Waals surface area contributed by atoms with Crippen LogP contribution in [0.15, 0.2) is 36.7 Å². The molecule has 0 unspecified atom stereocenters. The van der Waals surface area contributed by atoms with Crippen LogP contribution in [0.1, 0.15) is 20.8 Å². The predicted molar refractivity (Wildman–Crippen MR) is 89.3 cm³/mol. The number of carbonyl (C=O) groups excluding carboxylic acids is 1. The van der Waals surface area contributed by atoms with Crippen molar-refractivity contribution < 1.29 is 9.53 Å². The van der Waals surface area contributed by atoms with Crippen molar-refractivity contribution in [1.82, 2.24) is 9.97 Å². The molecule has 3 aromatic rings. The van der Waals surface area contributed by atoms with Crippen LogP contribution in [0.2, 0.25) is 0 Å². The van der Waals surface area contributed by atoms with E-state index >= 15 is 0 Å². The van der Waals surface area contributed by atoms with Crippen LogP contribution >= 0.6 is 11.3 Å². The maximum Gasteiger partial charge on any atom is 0.412 e. The van der Waals surface area contributed by atoms with E-state index in [1.807, 2.05) is 51.2 Å². The first-order chi connectivity index (χ1) is 10.4. The van der Waals surface area contributed by atoms with Crippen molar-refractivity contribution in [1.29, 1.82) is 0 Å². The second-order valence-electron chi connectivity index (χ2n) is 5.89. The molecule has 3 aromatic heterocycles. The molecule has 0 atom stereocenters. The summed E-state index contributed by atoms with van der Waals surface area (Å²) in [5.74, 6) is 0. The third-order valence-electron chi connectivity index (χ3n) is 2.96. The number of thiophene rings is 1. The summed E-state index contributed by atoms with van der Waals surface area (Å²) in [6.45, 7) is 5.52. The number of H-pyrrole nitrogens is 1. The molecule has 0 spiro atoms. The van der Waals surface area contributed by atoms with Gasteiger partial charge in [0.05, 0.1) is 5.00 Å². The van der Waals surface area contributed by atoms with Gasteiger partial charge in [-0.3, -0.25) is 5.32 Å². The van der Waals surface area contributed by atoms with Gasteiger partial charge in [0.25, 0.3) is 0 Å². The lowest BCUT2D eigenvalue weighted by Crippen LogP contribution is -2.26. The second kappa shape index (κ2) is 5.46. The van der Waals surface area contributed by atoms with E-state index in [0.29, 0.717) is 0 Å². The molecule has 0 aliphatic heterocycles. The van der Waals surface area contributed by atoms with Crippen molar-refractivity contribution >= 4 is 33.5 Å². The average molecular weight is 315 g/mol. The number of aromatic nitrogens is 2. The molecule has 0 aromatic carbocycles. The van der Waals surface area contributed by atoms with Gasteiger partial charge in [0.2, 0.25) is 0 Å². The van der Waals surface area contributed by atoms with Gasteiger partial charge in [-0.05, 0) is 45.0 Å². The highest BCUT2D eigenvalue weighted by Crippen LogP contribution is 2.35. The second-order valence-corrected chi connectivity index (χ2v) is 6.97. The van der Waals surface area contributed by atoms with Gasteiger partial charge < -0.3 is 9.72 Å². The summed E-state index contributed by atoms with van der Waals surface area (Å²) in [5, 5.41) is 4.58. The van der Waals surface area contributed by atoms with E-state index in [1.165, 1.54) is 11.3 Å². The van der Waals surface area contributed by atoms with E-state index in [-0.39, 0.29) is 0 Å². The summed E-state index contributed by atoms with van der Waals surface area (Å²) < 4.78 is 5.26. The first-order valence-corrected chi connectivity index (χ1v) is 7.76. The Morgan fingerprint density at radius 2 is 2.09 bits per heavy atom. The molecule has 0 bridgehead atoms. The summed E-state index contributed by atoms with van der Waals surface area (Å²) in [4.78, 5) is 20.3. The quantitative estimate of drug-likeness (QED) is 0.724. The van der Waals surface area contributed by atoms with E-state index in [4.69, 9.17) is 4.74 Å². The Balaban J connectivity index is 1.82. The molecule has 1 amide bonds. The van der Waals surface area contributed by atoms with Crippen LogP contribution in [-0.2, 0) is 4.74 Å². The predicted octanol–water partition coefficient (Wildman–Crippen LogP) is 4.64. The van der Waals surface area contributed by atoms with E-state index in [9.17, 15) is 4.79 Å². The molecule has 0 saturated carbocycles. The fraction of sp³-hybridized carbons (Fsp3) is 0.250. The first-order valence-electron chi connectivity index (χ1n) is 6.95. The van der Waals surface area contributed by atoms with Gasteiger partial charge >= 0.3 is 6.09 Å². The van der Waals surface area contributed by atoms with Gasteiger partial charge in [0, 0.05) is 28.2 Å². The van der Waals surface area contributed by atoms with E-state index < -0.39 is 11.7 Å². The fourth-order valence-corrected chi connectivity index (χ4v) is 3.06. The number of nitrogens with zero attached hydrogens (tertiary/aromatic N) is 1. The molecular weight excluding hydrogens is 298 g/mol. The number of anilines is 1. The van der Waals surface area contributed by atoms with E-state index in [1.54, 1.807) is 6.20 Å². The minimum absolute atomic E-state index is 0.442. The Morgan fingerprint density at radius 3 is 2.86 bits per heavy atom. The number of amides is 1. The van der Waals surface area contributed by atoms with Gasteiger partial charge in [0.15, 0.2) is 0 Å². The molecule has 114 valence electrons. The highest BCUT2D eigenvalue weighted by molar-refractivity contribution is 7.19.